The first-order valence-electron chi connectivity index (χ1n) is 8.28. The van der Waals surface area contributed by atoms with Crippen molar-refractivity contribution < 1.29 is 14.6 Å². The average Bonchev–Trinajstić information content (AvgIpc) is 3.00. The van der Waals surface area contributed by atoms with E-state index in [2.05, 4.69) is 47.1 Å². The van der Waals surface area contributed by atoms with Gasteiger partial charge in [0, 0.05) is 9.86 Å². The van der Waals surface area contributed by atoms with Gasteiger partial charge in [0.05, 0.1) is 9.99 Å². The number of ether oxygens (including phenoxy) is 1. The number of fused-ring (bicyclic) bond motifs is 2. The number of rotatable bonds is 4. The second-order valence-electron chi connectivity index (χ2n) is 5.99. The highest BCUT2D eigenvalue weighted by molar-refractivity contribution is 9.11. The van der Waals surface area contributed by atoms with Crippen molar-refractivity contribution >= 4 is 65.1 Å². The van der Waals surface area contributed by atoms with E-state index in [-0.39, 0.29) is 18.2 Å². The molecule has 0 saturated heterocycles. The molecule has 8 heteroatoms. The van der Waals surface area contributed by atoms with Crippen molar-refractivity contribution in [1.29, 1.82) is 0 Å². The third-order valence-corrected chi connectivity index (χ3v) is 5.47. The maximum absolute atomic E-state index is 12.1. The first kappa shape index (κ1) is 18.6. The van der Waals surface area contributed by atoms with E-state index in [1.807, 2.05) is 36.4 Å². The molecule has 1 aromatic heterocycles. The van der Waals surface area contributed by atoms with Crippen LogP contribution in [0.5, 0.6) is 11.6 Å². The molecule has 6 nitrogen and oxygen atoms in total. The van der Waals surface area contributed by atoms with E-state index in [1.165, 1.54) is 0 Å². The number of azo groups is 1. The fourth-order valence-electron chi connectivity index (χ4n) is 2.84. The summed E-state index contributed by atoms with van der Waals surface area (Å²) >= 11 is 6.89. The predicted octanol–water partition coefficient (Wildman–Crippen LogP) is 6.24. The number of carbonyl (C=O) groups is 1. The third-order valence-electron chi connectivity index (χ3n) is 4.15. The molecule has 1 amide bonds. The molecule has 0 aliphatic rings. The smallest absolute Gasteiger partial charge is 0.302 e. The van der Waals surface area contributed by atoms with Crippen LogP contribution in [0.3, 0.4) is 0 Å². The van der Waals surface area contributed by atoms with Gasteiger partial charge in [0.15, 0.2) is 12.3 Å². The Labute approximate surface area is 176 Å². The minimum Gasteiger partial charge on any atom is -0.493 e. The summed E-state index contributed by atoms with van der Waals surface area (Å²) in [6, 6.07) is 17.0. The lowest BCUT2D eigenvalue weighted by molar-refractivity contribution is -0.120. The van der Waals surface area contributed by atoms with Gasteiger partial charge < -0.3 is 14.8 Å². The van der Waals surface area contributed by atoms with Crippen LogP contribution >= 0.6 is 31.9 Å². The number of halogens is 2. The van der Waals surface area contributed by atoms with Crippen molar-refractivity contribution in [1.82, 2.24) is 4.98 Å². The number of nitrogens with one attached hydrogen (secondary N) is 1. The molecule has 1 heterocycles. The van der Waals surface area contributed by atoms with Gasteiger partial charge in [-0.05, 0) is 51.0 Å². The molecule has 28 heavy (non-hydrogen) atoms. The lowest BCUT2D eigenvalue weighted by Crippen LogP contribution is -2.08. The molecule has 0 radical (unpaired) electrons. The molecule has 0 bridgehead atoms. The van der Waals surface area contributed by atoms with Gasteiger partial charge in [0.2, 0.25) is 5.88 Å². The molecular formula is C20H13Br2N3O3. The Balaban J connectivity index is 1.50. The molecule has 2 N–H and O–H groups in total. The second kappa shape index (κ2) is 7.73. The number of aromatic hydroxyl groups is 1. The summed E-state index contributed by atoms with van der Waals surface area (Å²) in [5, 5.41) is 20.3. The summed E-state index contributed by atoms with van der Waals surface area (Å²) in [6.45, 7) is -0.271. The average molecular weight is 503 g/mol. The first-order valence-corrected chi connectivity index (χ1v) is 9.86. The maximum atomic E-state index is 12.1. The number of hydrogen-bond acceptors (Lipinski definition) is 4. The Kier molecular flexibility index (Phi) is 5.15. The highest BCUT2D eigenvalue weighted by Crippen LogP contribution is 2.37. The largest absolute Gasteiger partial charge is 0.493 e. The van der Waals surface area contributed by atoms with Crippen molar-refractivity contribution in [2.45, 2.75) is 0 Å². The third kappa shape index (κ3) is 3.65. The minimum absolute atomic E-state index is 0.150. The van der Waals surface area contributed by atoms with Crippen LogP contribution in [0.2, 0.25) is 0 Å². The van der Waals surface area contributed by atoms with Crippen LogP contribution in [0, 0.1) is 0 Å². The van der Waals surface area contributed by atoms with E-state index >= 15 is 0 Å². The lowest BCUT2D eigenvalue weighted by atomic mass is 10.1. The molecule has 4 aromatic rings. The van der Waals surface area contributed by atoms with Crippen molar-refractivity contribution in [2.24, 2.45) is 10.2 Å². The van der Waals surface area contributed by atoms with E-state index in [4.69, 9.17) is 4.74 Å². The Morgan fingerprint density at radius 3 is 2.75 bits per heavy atom. The molecule has 0 saturated carbocycles. The normalized spacial score (nSPS) is 11.5. The molecule has 3 aromatic carbocycles. The lowest BCUT2D eigenvalue weighted by Gasteiger charge is -2.08. The van der Waals surface area contributed by atoms with Gasteiger partial charge in [-0.15, -0.1) is 10.2 Å². The van der Waals surface area contributed by atoms with Gasteiger partial charge in [-0.3, -0.25) is 4.79 Å². The van der Waals surface area contributed by atoms with Crippen LogP contribution in [0.25, 0.3) is 21.7 Å². The number of hydrogen-bond donors (Lipinski definition) is 2. The van der Waals surface area contributed by atoms with E-state index in [9.17, 15) is 9.90 Å². The highest BCUT2D eigenvalue weighted by atomic mass is 79.9. The summed E-state index contributed by atoms with van der Waals surface area (Å²) < 4.78 is 7.18. The number of nitrogens with zero attached hydrogens (tertiary/aromatic N) is 2. The van der Waals surface area contributed by atoms with Crippen LogP contribution in [0.1, 0.15) is 0 Å². The van der Waals surface area contributed by atoms with Gasteiger partial charge in [-0.1, -0.05) is 46.3 Å². The highest BCUT2D eigenvalue weighted by Gasteiger charge is 2.12. The molecule has 0 aliphatic carbocycles. The summed E-state index contributed by atoms with van der Waals surface area (Å²) in [4.78, 5) is 14.9. The van der Waals surface area contributed by atoms with Crippen molar-refractivity contribution in [2.75, 3.05) is 6.61 Å². The van der Waals surface area contributed by atoms with Crippen LogP contribution < -0.4 is 4.74 Å². The van der Waals surface area contributed by atoms with Crippen LogP contribution in [0.15, 0.2) is 73.8 Å². The number of aromatic nitrogens is 1. The number of H-pyrrole nitrogens is 1. The van der Waals surface area contributed by atoms with E-state index < -0.39 is 5.91 Å². The van der Waals surface area contributed by atoms with Crippen molar-refractivity contribution in [3.8, 4) is 11.6 Å². The minimum atomic E-state index is -0.566. The second-order valence-corrected chi connectivity index (χ2v) is 7.70. The molecular weight excluding hydrogens is 490 g/mol. The fourth-order valence-corrected chi connectivity index (χ4v) is 3.80. The fraction of sp³-hybridized carbons (Fsp3) is 0.0500. The SMILES string of the molecule is O=C(COc1ccc2ccccc2c1Br)N=Nc1c(O)[nH]c2ccc(Br)cc12. The summed E-state index contributed by atoms with van der Waals surface area (Å²) in [5.41, 5.74) is 0.898. The van der Waals surface area contributed by atoms with Crippen molar-refractivity contribution in [3.05, 3.63) is 63.5 Å². The number of amides is 1. The number of carbonyl (C=O) groups excluding carboxylic acids is 1. The van der Waals surface area contributed by atoms with E-state index in [0.717, 1.165) is 19.7 Å². The van der Waals surface area contributed by atoms with E-state index in [1.54, 1.807) is 18.2 Å². The Bertz CT molecular complexity index is 1230. The zero-order valence-electron chi connectivity index (χ0n) is 14.3. The number of benzene rings is 3. The molecule has 0 aliphatic heterocycles. The summed E-state index contributed by atoms with van der Waals surface area (Å²) in [5.74, 6) is -0.173. The summed E-state index contributed by atoms with van der Waals surface area (Å²) in [6.07, 6.45) is 0. The van der Waals surface area contributed by atoms with Crippen LogP contribution in [0.4, 0.5) is 5.69 Å². The van der Waals surface area contributed by atoms with Crippen molar-refractivity contribution in [3.63, 3.8) is 0 Å². The van der Waals surface area contributed by atoms with Crippen LogP contribution in [-0.4, -0.2) is 22.6 Å². The monoisotopic (exact) mass is 501 g/mol. The first-order chi connectivity index (χ1) is 13.5. The molecule has 4 rings (SSSR count). The quantitative estimate of drug-likeness (QED) is 0.324. The molecule has 0 atom stereocenters. The molecule has 0 fully saturated rings. The van der Waals surface area contributed by atoms with Gasteiger partial charge in [-0.25, -0.2) is 0 Å². The standard InChI is InChI=1S/C20H13Br2N3O3/c21-12-6-7-15-14(9-12)19(20(27)23-15)25-24-17(26)10-28-16-8-5-11-3-1-2-4-13(11)18(16)22/h1-9,23,27H,10H2. The molecule has 0 unspecified atom stereocenters. The maximum Gasteiger partial charge on any atom is 0.302 e. The van der Waals surface area contributed by atoms with Gasteiger partial charge in [-0.2, -0.15) is 0 Å². The van der Waals surface area contributed by atoms with Gasteiger partial charge in [0.1, 0.15) is 5.75 Å². The Morgan fingerprint density at radius 2 is 1.89 bits per heavy atom. The predicted molar refractivity (Wildman–Crippen MR) is 114 cm³/mol. The van der Waals surface area contributed by atoms with E-state index in [0.29, 0.717) is 16.7 Å². The summed E-state index contributed by atoms with van der Waals surface area (Å²) in [7, 11) is 0. The zero-order valence-corrected chi connectivity index (χ0v) is 17.5. The Hall–Kier alpha value is -2.71. The zero-order chi connectivity index (χ0) is 19.7. The van der Waals surface area contributed by atoms with Gasteiger partial charge in [0.25, 0.3) is 0 Å². The molecule has 140 valence electrons. The van der Waals surface area contributed by atoms with Gasteiger partial charge >= 0.3 is 5.91 Å². The topological polar surface area (TPSA) is 87.0 Å². The van der Waals surface area contributed by atoms with Crippen LogP contribution in [-0.2, 0) is 4.79 Å². The molecule has 0 spiro atoms. The number of aromatic amines is 1. The Morgan fingerprint density at radius 1 is 1.07 bits per heavy atom.